The van der Waals surface area contributed by atoms with E-state index < -0.39 is 0 Å². The van der Waals surface area contributed by atoms with E-state index in [1.807, 2.05) is 81.4 Å². The molecular formula is C25H23N3O2S. The molecule has 0 atom stereocenters. The molecule has 4 rings (SSSR count). The number of hydrogen-bond donors (Lipinski definition) is 1. The quantitative estimate of drug-likeness (QED) is 0.356. The van der Waals surface area contributed by atoms with Crippen LogP contribution in [0.3, 0.4) is 0 Å². The lowest BCUT2D eigenvalue weighted by Crippen LogP contribution is -2.23. The molecule has 31 heavy (non-hydrogen) atoms. The number of aromatic nitrogens is 2. The van der Waals surface area contributed by atoms with Crippen LogP contribution >= 0.6 is 11.8 Å². The largest absolute Gasteiger partial charge is 0.325 e. The van der Waals surface area contributed by atoms with Gasteiger partial charge < -0.3 is 5.32 Å². The smallest absolute Gasteiger partial charge is 0.266 e. The SMILES string of the molecule is Cc1ccccc1NC(=O)CSc1nc2ccccc2c(=O)n1-c1cccc(C)c1C. The molecule has 0 spiro atoms. The highest BCUT2D eigenvalue weighted by Gasteiger charge is 2.17. The van der Waals surface area contributed by atoms with Crippen molar-refractivity contribution in [1.29, 1.82) is 0 Å². The van der Waals surface area contributed by atoms with Crippen molar-refractivity contribution in [3.8, 4) is 5.69 Å². The zero-order chi connectivity index (χ0) is 22.0. The second-order valence-electron chi connectivity index (χ2n) is 7.42. The van der Waals surface area contributed by atoms with Crippen LogP contribution in [0.15, 0.2) is 76.7 Å². The van der Waals surface area contributed by atoms with Crippen LogP contribution < -0.4 is 10.9 Å². The Kier molecular flexibility index (Phi) is 5.91. The number of amides is 1. The van der Waals surface area contributed by atoms with Gasteiger partial charge in [-0.3, -0.25) is 14.2 Å². The van der Waals surface area contributed by atoms with Gasteiger partial charge in [-0.15, -0.1) is 0 Å². The first-order valence-corrected chi connectivity index (χ1v) is 11.0. The van der Waals surface area contributed by atoms with Crippen LogP contribution in [-0.4, -0.2) is 21.2 Å². The van der Waals surface area contributed by atoms with Crippen LogP contribution in [-0.2, 0) is 4.79 Å². The summed E-state index contributed by atoms with van der Waals surface area (Å²) in [4.78, 5) is 30.7. The number of aryl methyl sites for hydroxylation is 2. The second-order valence-corrected chi connectivity index (χ2v) is 8.37. The number of para-hydroxylation sites is 2. The predicted molar refractivity (Wildman–Crippen MR) is 127 cm³/mol. The lowest BCUT2D eigenvalue weighted by atomic mass is 10.1. The molecule has 3 aromatic carbocycles. The fourth-order valence-corrected chi connectivity index (χ4v) is 4.23. The average Bonchev–Trinajstić information content (AvgIpc) is 2.76. The van der Waals surface area contributed by atoms with Crippen molar-refractivity contribution in [2.24, 2.45) is 0 Å². The summed E-state index contributed by atoms with van der Waals surface area (Å²) in [5, 5.41) is 3.99. The third-order valence-corrected chi connectivity index (χ3v) is 6.25. The molecule has 0 fully saturated rings. The summed E-state index contributed by atoms with van der Waals surface area (Å²) in [7, 11) is 0. The molecule has 0 saturated heterocycles. The number of fused-ring (bicyclic) bond motifs is 1. The minimum absolute atomic E-state index is 0.138. The van der Waals surface area contributed by atoms with E-state index in [0.29, 0.717) is 16.1 Å². The number of thioether (sulfide) groups is 1. The van der Waals surface area contributed by atoms with Gasteiger partial charge in [0.1, 0.15) is 0 Å². The second kappa shape index (κ2) is 8.78. The molecule has 0 aliphatic rings. The van der Waals surface area contributed by atoms with Gasteiger partial charge in [0.15, 0.2) is 5.16 Å². The molecule has 4 aromatic rings. The van der Waals surface area contributed by atoms with Gasteiger partial charge in [0, 0.05) is 5.69 Å². The Labute approximate surface area is 185 Å². The maximum atomic E-state index is 13.4. The van der Waals surface area contributed by atoms with Gasteiger partial charge in [0.05, 0.1) is 22.3 Å². The van der Waals surface area contributed by atoms with E-state index in [4.69, 9.17) is 4.98 Å². The number of nitrogens with one attached hydrogen (secondary N) is 1. The van der Waals surface area contributed by atoms with E-state index >= 15 is 0 Å². The van der Waals surface area contributed by atoms with Gasteiger partial charge in [-0.25, -0.2) is 4.98 Å². The van der Waals surface area contributed by atoms with Gasteiger partial charge in [-0.1, -0.05) is 54.2 Å². The Morgan fingerprint density at radius 3 is 2.45 bits per heavy atom. The Balaban J connectivity index is 1.73. The van der Waals surface area contributed by atoms with Crippen LogP contribution in [0, 0.1) is 20.8 Å². The Hall–Kier alpha value is -3.38. The molecule has 5 nitrogen and oxygen atoms in total. The molecule has 1 N–H and O–H groups in total. The molecule has 0 saturated carbocycles. The van der Waals surface area contributed by atoms with Crippen LogP contribution in [0.2, 0.25) is 0 Å². The molecule has 0 aliphatic carbocycles. The summed E-state index contributed by atoms with van der Waals surface area (Å²) in [6.45, 7) is 5.96. The van der Waals surface area contributed by atoms with E-state index in [1.165, 1.54) is 11.8 Å². The first kappa shape index (κ1) is 20.9. The maximum Gasteiger partial charge on any atom is 0.266 e. The number of nitrogens with zero attached hydrogens (tertiary/aromatic N) is 2. The lowest BCUT2D eigenvalue weighted by Gasteiger charge is -2.16. The van der Waals surface area contributed by atoms with Crippen molar-refractivity contribution < 1.29 is 4.79 Å². The van der Waals surface area contributed by atoms with Crippen LogP contribution in [0.5, 0.6) is 0 Å². The first-order chi connectivity index (χ1) is 15.0. The fourth-order valence-electron chi connectivity index (χ4n) is 3.43. The minimum atomic E-state index is -0.144. The zero-order valence-corrected chi connectivity index (χ0v) is 18.5. The number of carbonyl (C=O) groups excluding carboxylic acids is 1. The van der Waals surface area contributed by atoms with E-state index in [0.717, 1.165) is 28.1 Å². The standard InChI is InChI=1S/C25H23N3O2S/c1-16-10-8-14-22(18(16)3)28-24(30)19-11-5-7-13-21(19)27-25(28)31-15-23(29)26-20-12-6-4-9-17(20)2/h4-14H,15H2,1-3H3,(H,26,29). The van der Waals surface area contributed by atoms with Crippen molar-refractivity contribution >= 4 is 34.3 Å². The van der Waals surface area contributed by atoms with Crippen LogP contribution in [0.4, 0.5) is 5.69 Å². The van der Waals surface area contributed by atoms with Gasteiger partial charge in [0.2, 0.25) is 5.91 Å². The molecule has 0 aliphatic heterocycles. The van der Waals surface area contributed by atoms with Crippen molar-refractivity contribution in [2.75, 3.05) is 11.1 Å². The maximum absolute atomic E-state index is 13.4. The highest BCUT2D eigenvalue weighted by molar-refractivity contribution is 7.99. The van der Waals surface area contributed by atoms with Crippen molar-refractivity contribution in [1.82, 2.24) is 9.55 Å². The third kappa shape index (κ3) is 4.25. The molecule has 6 heteroatoms. The van der Waals surface area contributed by atoms with Gasteiger partial charge >= 0.3 is 0 Å². The van der Waals surface area contributed by atoms with Crippen LogP contribution in [0.1, 0.15) is 16.7 Å². The van der Waals surface area contributed by atoms with Gasteiger partial charge in [-0.2, -0.15) is 0 Å². The summed E-state index contributed by atoms with van der Waals surface area (Å²) in [6, 6.07) is 20.8. The fraction of sp³-hybridized carbons (Fsp3) is 0.160. The summed E-state index contributed by atoms with van der Waals surface area (Å²) < 4.78 is 1.62. The summed E-state index contributed by atoms with van der Waals surface area (Å²) in [5.41, 5.74) is 5.14. The molecule has 156 valence electrons. The van der Waals surface area contributed by atoms with Crippen molar-refractivity contribution in [3.63, 3.8) is 0 Å². The number of benzene rings is 3. The molecule has 0 unspecified atom stereocenters. The number of hydrogen-bond acceptors (Lipinski definition) is 4. The van der Waals surface area contributed by atoms with Crippen molar-refractivity contribution in [2.45, 2.75) is 25.9 Å². The van der Waals surface area contributed by atoms with Crippen LogP contribution in [0.25, 0.3) is 16.6 Å². The number of rotatable bonds is 5. The molecule has 0 radical (unpaired) electrons. The number of carbonyl (C=O) groups is 1. The minimum Gasteiger partial charge on any atom is -0.325 e. The zero-order valence-electron chi connectivity index (χ0n) is 17.7. The number of anilines is 1. The molecule has 1 amide bonds. The summed E-state index contributed by atoms with van der Waals surface area (Å²) in [6.07, 6.45) is 0. The van der Waals surface area contributed by atoms with Gasteiger partial charge in [0.25, 0.3) is 5.56 Å². The third-order valence-electron chi connectivity index (χ3n) is 5.31. The van der Waals surface area contributed by atoms with E-state index in [9.17, 15) is 9.59 Å². The predicted octanol–water partition coefficient (Wildman–Crippen LogP) is 5.04. The Morgan fingerprint density at radius 2 is 1.65 bits per heavy atom. The van der Waals surface area contributed by atoms with E-state index in [2.05, 4.69) is 5.32 Å². The van der Waals surface area contributed by atoms with Gasteiger partial charge in [-0.05, 0) is 61.7 Å². The molecular weight excluding hydrogens is 406 g/mol. The molecule has 1 aromatic heterocycles. The van der Waals surface area contributed by atoms with E-state index in [-0.39, 0.29) is 17.2 Å². The lowest BCUT2D eigenvalue weighted by molar-refractivity contribution is -0.113. The summed E-state index contributed by atoms with van der Waals surface area (Å²) >= 11 is 1.26. The highest BCUT2D eigenvalue weighted by Crippen LogP contribution is 2.25. The first-order valence-electron chi connectivity index (χ1n) is 10.0. The Morgan fingerprint density at radius 1 is 0.935 bits per heavy atom. The van der Waals surface area contributed by atoms with E-state index in [1.54, 1.807) is 10.6 Å². The average molecular weight is 430 g/mol. The highest BCUT2D eigenvalue weighted by atomic mass is 32.2. The molecule has 1 heterocycles. The van der Waals surface area contributed by atoms with Crippen molar-refractivity contribution in [3.05, 3.63) is 93.8 Å². The summed E-state index contributed by atoms with van der Waals surface area (Å²) in [5.74, 6) is -0.00140. The normalized spacial score (nSPS) is 10.9. The molecule has 0 bridgehead atoms. The monoisotopic (exact) mass is 429 g/mol. The Bertz CT molecular complexity index is 1340. The topological polar surface area (TPSA) is 64.0 Å².